The number of ether oxygens (including phenoxy) is 1. The summed E-state index contributed by atoms with van der Waals surface area (Å²) < 4.78 is 5.18. The molecular formula is C34H43NO2. The Kier molecular flexibility index (Phi) is 9.96. The molecule has 0 atom stereocenters. The fraction of sp³-hybridized carbons (Fsp3) is 0.441. The summed E-state index contributed by atoms with van der Waals surface area (Å²) in [6, 6.07) is 24.0. The average Bonchev–Trinajstić information content (AvgIpc) is 2.94. The maximum absolute atomic E-state index is 13.8. The molecule has 1 fully saturated rings. The molecule has 3 aromatic rings. The van der Waals surface area contributed by atoms with Gasteiger partial charge in [0.2, 0.25) is 5.91 Å². The van der Waals surface area contributed by atoms with Gasteiger partial charge in [0, 0.05) is 25.3 Å². The second kappa shape index (κ2) is 13.6. The highest BCUT2D eigenvalue weighted by Crippen LogP contribution is 2.30. The van der Waals surface area contributed by atoms with Crippen molar-refractivity contribution in [1.29, 1.82) is 0 Å². The molecule has 0 bridgehead atoms. The van der Waals surface area contributed by atoms with E-state index in [1.165, 1.54) is 39.8 Å². The molecule has 37 heavy (non-hydrogen) atoms. The Morgan fingerprint density at radius 2 is 1.57 bits per heavy atom. The summed E-state index contributed by atoms with van der Waals surface area (Å²) in [5, 5.41) is 0. The van der Waals surface area contributed by atoms with E-state index in [0.29, 0.717) is 6.54 Å². The molecule has 3 heteroatoms. The van der Waals surface area contributed by atoms with E-state index in [4.69, 9.17) is 4.74 Å². The highest BCUT2D eigenvalue weighted by molar-refractivity contribution is 5.95. The van der Waals surface area contributed by atoms with Crippen molar-refractivity contribution in [1.82, 2.24) is 0 Å². The van der Waals surface area contributed by atoms with Crippen LogP contribution in [0.15, 0.2) is 66.7 Å². The first kappa shape index (κ1) is 27.1. The Balaban J connectivity index is 1.53. The maximum atomic E-state index is 13.8. The first-order valence-electron chi connectivity index (χ1n) is 14.1. The number of hydrogen-bond acceptors (Lipinski definition) is 2. The van der Waals surface area contributed by atoms with Crippen LogP contribution in [0.25, 0.3) is 11.1 Å². The average molecular weight is 498 g/mol. The molecule has 1 aliphatic rings. The molecule has 0 radical (unpaired) electrons. The maximum Gasteiger partial charge on any atom is 0.230 e. The molecule has 4 rings (SSSR count). The summed E-state index contributed by atoms with van der Waals surface area (Å²) in [5.74, 6) is 0.427. The molecule has 1 saturated carbocycles. The molecular weight excluding hydrogens is 454 g/mol. The molecule has 0 saturated heterocycles. The third-order valence-electron chi connectivity index (χ3n) is 7.89. The van der Waals surface area contributed by atoms with Gasteiger partial charge in [-0.3, -0.25) is 4.79 Å². The minimum atomic E-state index is 0.140. The van der Waals surface area contributed by atoms with Crippen LogP contribution in [0.5, 0.6) is 0 Å². The highest BCUT2D eigenvalue weighted by atomic mass is 16.5. The van der Waals surface area contributed by atoms with Gasteiger partial charge in [0.05, 0.1) is 6.54 Å². The van der Waals surface area contributed by atoms with Gasteiger partial charge < -0.3 is 9.64 Å². The quantitative estimate of drug-likeness (QED) is 0.249. The van der Waals surface area contributed by atoms with E-state index < -0.39 is 0 Å². The largest absolute Gasteiger partial charge is 0.385 e. The Hall–Kier alpha value is -2.91. The number of benzene rings is 3. The second-order valence-electron chi connectivity index (χ2n) is 10.7. The number of nitrogens with zero attached hydrogens (tertiary/aromatic N) is 1. The molecule has 0 N–H and O–H groups in total. The monoisotopic (exact) mass is 497 g/mol. The van der Waals surface area contributed by atoms with Gasteiger partial charge >= 0.3 is 0 Å². The van der Waals surface area contributed by atoms with Crippen LogP contribution < -0.4 is 4.90 Å². The lowest BCUT2D eigenvalue weighted by molar-refractivity contribution is -0.123. The van der Waals surface area contributed by atoms with Crippen LogP contribution in [0.2, 0.25) is 0 Å². The molecule has 1 amide bonds. The Morgan fingerprint density at radius 3 is 2.30 bits per heavy atom. The van der Waals surface area contributed by atoms with E-state index in [0.717, 1.165) is 63.7 Å². The van der Waals surface area contributed by atoms with E-state index in [9.17, 15) is 4.79 Å². The summed E-state index contributed by atoms with van der Waals surface area (Å²) in [4.78, 5) is 15.9. The lowest BCUT2D eigenvalue weighted by atomic mass is 9.88. The molecule has 0 aromatic heterocycles. The molecule has 0 heterocycles. The zero-order valence-corrected chi connectivity index (χ0v) is 23.0. The predicted octanol–water partition coefficient (Wildman–Crippen LogP) is 8.44. The molecule has 3 aromatic carbocycles. The van der Waals surface area contributed by atoms with E-state index in [2.05, 4.69) is 85.5 Å². The summed E-state index contributed by atoms with van der Waals surface area (Å²) in [6.07, 6.45) is 10.0. The molecule has 0 unspecified atom stereocenters. The Bertz CT molecular complexity index is 1140. The van der Waals surface area contributed by atoms with Crippen LogP contribution in [0.3, 0.4) is 0 Å². The van der Waals surface area contributed by atoms with Crippen molar-refractivity contribution >= 4 is 11.6 Å². The van der Waals surface area contributed by atoms with Crippen LogP contribution in [-0.4, -0.2) is 19.6 Å². The van der Waals surface area contributed by atoms with Crippen molar-refractivity contribution in [2.24, 2.45) is 5.92 Å². The normalized spacial score (nSPS) is 14.0. The summed E-state index contributed by atoms with van der Waals surface area (Å²) in [6.45, 7) is 5.75. The van der Waals surface area contributed by atoms with Gasteiger partial charge in [-0.15, -0.1) is 0 Å². The van der Waals surface area contributed by atoms with Crippen LogP contribution in [-0.2, 0) is 22.5 Å². The van der Waals surface area contributed by atoms with Gasteiger partial charge in [0.15, 0.2) is 0 Å². The number of carbonyl (C=O) groups is 1. The lowest BCUT2D eigenvalue weighted by Gasteiger charge is -2.30. The summed E-state index contributed by atoms with van der Waals surface area (Å²) in [7, 11) is 1.76. The Morgan fingerprint density at radius 1 is 0.811 bits per heavy atom. The minimum absolute atomic E-state index is 0.140. The van der Waals surface area contributed by atoms with Crippen molar-refractivity contribution in [3.05, 3.63) is 89.0 Å². The number of aryl methyl sites for hydroxylation is 3. The molecule has 0 aliphatic heterocycles. The van der Waals surface area contributed by atoms with Crippen molar-refractivity contribution in [2.75, 3.05) is 18.6 Å². The lowest BCUT2D eigenvalue weighted by Crippen LogP contribution is -2.36. The molecule has 196 valence electrons. The number of rotatable bonds is 11. The van der Waals surface area contributed by atoms with Gasteiger partial charge in [-0.25, -0.2) is 0 Å². The smallest absolute Gasteiger partial charge is 0.230 e. The minimum Gasteiger partial charge on any atom is -0.385 e. The SMILES string of the molecule is COCCCCCc1cccc(N(Cc2ccc(-c3ccc(C)c(C)c3)cc2)C(=O)C2CCCCC2)c1. The van der Waals surface area contributed by atoms with Gasteiger partial charge in [0.1, 0.15) is 0 Å². The van der Waals surface area contributed by atoms with Crippen LogP contribution in [0, 0.1) is 19.8 Å². The number of hydrogen-bond donors (Lipinski definition) is 0. The van der Waals surface area contributed by atoms with Gasteiger partial charge in [-0.2, -0.15) is 0 Å². The first-order chi connectivity index (χ1) is 18.0. The number of unbranched alkanes of at least 4 members (excludes halogenated alkanes) is 2. The van der Waals surface area contributed by atoms with Crippen molar-refractivity contribution in [3.63, 3.8) is 0 Å². The third-order valence-corrected chi connectivity index (χ3v) is 7.89. The fourth-order valence-corrected chi connectivity index (χ4v) is 5.40. The summed E-state index contributed by atoms with van der Waals surface area (Å²) >= 11 is 0. The second-order valence-corrected chi connectivity index (χ2v) is 10.7. The number of methoxy groups -OCH3 is 1. The van der Waals surface area contributed by atoms with Gasteiger partial charge in [-0.05, 0) is 91.5 Å². The number of anilines is 1. The first-order valence-corrected chi connectivity index (χ1v) is 14.1. The standard InChI is InChI=1S/C34H43NO2/c1-26-16-19-32(23-27(26)2)30-20-17-29(18-21-30)25-35(34(36)31-13-7-4-8-14-31)33-15-10-12-28(24-33)11-6-5-9-22-37-3/h10,12,15-21,23-24,31H,4-9,11,13-14,22,25H2,1-3H3. The number of amides is 1. The molecule has 0 spiro atoms. The topological polar surface area (TPSA) is 29.5 Å². The van der Waals surface area contributed by atoms with Crippen molar-refractivity contribution in [2.45, 2.75) is 78.2 Å². The zero-order valence-electron chi connectivity index (χ0n) is 23.0. The van der Waals surface area contributed by atoms with E-state index in [1.807, 2.05) is 0 Å². The van der Waals surface area contributed by atoms with Crippen molar-refractivity contribution < 1.29 is 9.53 Å². The van der Waals surface area contributed by atoms with Gasteiger partial charge in [-0.1, -0.05) is 80.3 Å². The summed E-state index contributed by atoms with van der Waals surface area (Å²) in [5.41, 5.74) is 8.58. The number of carbonyl (C=O) groups excluding carboxylic acids is 1. The van der Waals surface area contributed by atoms with Crippen LogP contribution in [0.4, 0.5) is 5.69 Å². The van der Waals surface area contributed by atoms with E-state index in [1.54, 1.807) is 7.11 Å². The Labute approximate surface area is 223 Å². The van der Waals surface area contributed by atoms with Crippen LogP contribution >= 0.6 is 0 Å². The van der Waals surface area contributed by atoms with Gasteiger partial charge in [0.25, 0.3) is 0 Å². The molecule has 3 nitrogen and oxygen atoms in total. The van der Waals surface area contributed by atoms with E-state index >= 15 is 0 Å². The van der Waals surface area contributed by atoms with E-state index in [-0.39, 0.29) is 11.8 Å². The fourth-order valence-electron chi connectivity index (χ4n) is 5.40. The third kappa shape index (κ3) is 7.55. The van der Waals surface area contributed by atoms with Crippen molar-refractivity contribution in [3.8, 4) is 11.1 Å². The highest BCUT2D eigenvalue weighted by Gasteiger charge is 2.27. The zero-order chi connectivity index (χ0) is 26.0. The van der Waals surface area contributed by atoms with Crippen LogP contribution in [0.1, 0.15) is 73.6 Å². The predicted molar refractivity (Wildman–Crippen MR) is 155 cm³/mol. The molecule has 1 aliphatic carbocycles.